The molecular formula is C28H31F6N3O. The summed E-state index contributed by atoms with van der Waals surface area (Å²) < 4.78 is 87.9. The minimum absolute atomic E-state index is 0.146. The molecule has 0 amide bonds. The van der Waals surface area contributed by atoms with E-state index in [-0.39, 0.29) is 5.56 Å². The van der Waals surface area contributed by atoms with Gasteiger partial charge in [0.05, 0.1) is 19.3 Å². The van der Waals surface area contributed by atoms with E-state index in [0.29, 0.717) is 43.7 Å². The largest absolute Gasteiger partial charge is 0.390 e. The quantitative estimate of drug-likeness (QED) is 0.343. The fourth-order valence-corrected chi connectivity index (χ4v) is 5.94. The van der Waals surface area contributed by atoms with E-state index in [0.717, 1.165) is 23.1 Å². The summed E-state index contributed by atoms with van der Waals surface area (Å²) in [6.07, 6.45) is -0.895. The standard InChI is InChI=1S/C28H31F6N3O/c1-16-9-20-19-5-2-3-6-23(19)35-26(20)27(37(16)14-28(33,34)15-38)24-21(30)10-17(11-22(24)31)25(32)18-12-36(13-18)8-4-7-29/h2-3,5-6,10-11,16,18,25,27,35,38H,4,7-9,12-15H2,1H3/t16-,25+,27-/m1/s1. The van der Waals surface area contributed by atoms with Crippen molar-refractivity contribution in [2.24, 2.45) is 5.92 Å². The Bertz CT molecular complexity index is 1270. The van der Waals surface area contributed by atoms with E-state index >= 15 is 13.2 Å². The highest BCUT2D eigenvalue weighted by atomic mass is 19.3. The molecule has 0 saturated carbocycles. The van der Waals surface area contributed by atoms with Gasteiger partial charge in [-0.3, -0.25) is 9.29 Å². The molecule has 0 radical (unpaired) electrons. The van der Waals surface area contributed by atoms with Crippen LogP contribution in [0.5, 0.6) is 0 Å². The smallest absolute Gasteiger partial charge is 0.283 e. The molecule has 206 valence electrons. The van der Waals surface area contributed by atoms with Crippen LogP contribution in [-0.2, 0) is 6.42 Å². The van der Waals surface area contributed by atoms with Gasteiger partial charge in [-0.25, -0.2) is 22.0 Å². The van der Waals surface area contributed by atoms with Crippen LogP contribution >= 0.6 is 0 Å². The molecule has 0 unspecified atom stereocenters. The third kappa shape index (κ3) is 4.94. The number of nitrogens with one attached hydrogen (secondary N) is 1. The third-order valence-electron chi connectivity index (χ3n) is 7.86. The molecule has 0 aliphatic carbocycles. The Labute approximate surface area is 217 Å². The van der Waals surface area contributed by atoms with Gasteiger partial charge in [0.1, 0.15) is 24.4 Å². The predicted molar refractivity (Wildman–Crippen MR) is 133 cm³/mol. The first-order chi connectivity index (χ1) is 18.1. The molecule has 2 aliphatic heterocycles. The number of para-hydroxylation sites is 1. The Kier molecular flexibility index (Phi) is 7.50. The van der Waals surface area contributed by atoms with E-state index in [2.05, 4.69) is 4.98 Å². The number of nitrogens with zero attached hydrogens (tertiary/aromatic N) is 2. The molecule has 2 aromatic carbocycles. The highest BCUT2D eigenvalue weighted by molar-refractivity contribution is 5.85. The van der Waals surface area contributed by atoms with Crippen LogP contribution in [0, 0.1) is 17.6 Å². The topological polar surface area (TPSA) is 42.5 Å². The van der Waals surface area contributed by atoms with Crippen molar-refractivity contribution >= 4 is 10.9 Å². The molecule has 10 heteroatoms. The number of aliphatic hydroxyl groups is 1. The van der Waals surface area contributed by atoms with Crippen LogP contribution in [-0.4, -0.2) is 71.3 Å². The summed E-state index contributed by atoms with van der Waals surface area (Å²) in [4.78, 5) is 6.37. The lowest BCUT2D eigenvalue weighted by Gasteiger charge is -2.42. The van der Waals surface area contributed by atoms with E-state index in [9.17, 15) is 18.3 Å². The van der Waals surface area contributed by atoms with E-state index < -0.39 is 67.1 Å². The van der Waals surface area contributed by atoms with Gasteiger partial charge in [0.15, 0.2) is 0 Å². The average Bonchev–Trinajstić information content (AvgIpc) is 3.22. The van der Waals surface area contributed by atoms with Gasteiger partial charge in [0.2, 0.25) is 0 Å². The van der Waals surface area contributed by atoms with Crippen molar-refractivity contribution in [2.45, 2.75) is 43.9 Å². The zero-order valence-corrected chi connectivity index (χ0v) is 21.0. The van der Waals surface area contributed by atoms with Gasteiger partial charge in [0.25, 0.3) is 5.92 Å². The van der Waals surface area contributed by atoms with Gasteiger partial charge >= 0.3 is 0 Å². The molecule has 0 bridgehead atoms. The molecular weight excluding hydrogens is 508 g/mol. The van der Waals surface area contributed by atoms with Crippen molar-refractivity contribution in [3.63, 3.8) is 0 Å². The number of aromatic nitrogens is 1. The number of fused-ring (bicyclic) bond motifs is 3. The molecule has 1 aromatic heterocycles. The lowest BCUT2D eigenvalue weighted by atomic mass is 9.85. The van der Waals surface area contributed by atoms with E-state index in [4.69, 9.17) is 0 Å². The van der Waals surface area contributed by atoms with Gasteiger partial charge in [-0.15, -0.1) is 0 Å². The SMILES string of the molecule is C[C@@H]1Cc2c([nH]c3ccccc23)[C@@H](c2c(F)cc([C@H](F)C3CN(CCCF)C3)cc2F)N1CC(F)(F)CO. The second-order valence-corrected chi connectivity index (χ2v) is 10.6. The number of hydrogen-bond donors (Lipinski definition) is 2. The fourth-order valence-electron chi connectivity index (χ4n) is 5.94. The maximum Gasteiger partial charge on any atom is 0.283 e. The molecule has 3 heterocycles. The van der Waals surface area contributed by atoms with E-state index in [1.165, 1.54) is 4.90 Å². The summed E-state index contributed by atoms with van der Waals surface area (Å²) in [6, 6.07) is 7.46. The van der Waals surface area contributed by atoms with Crippen LogP contribution in [0.25, 0.3) is 10.9 Å². The Morgan fingerprint density at radius 2 is 1.82 bits per heavy atom. The lowest BCUT2D eigenvalue weighted by molar-refractivity contribution is -0.0869. The first kappa shape index (κ1) is 27.0. The lowest BCUT2D eigenvalue weighted by Crippen LogP contribution is -2.49. The first-order valence-electron chi connectivity index (χ1n) is 12.9. The average molecular weight is 540 g/mol. The number of aliphatic hydroxyl groups excluding tert-OH is 1. The number of halogens is 6. The maximum absolute atomic E-state index is 15.7. The summed E-state index contributed by atoms with van der Waals surface area (Å²) in [7, 11) is 0. The minimum atomic E-state index is -3.49. The van der Waals surface area contributed by atoms with Gasteiger partial charge < -0.3 is 15.0 Å². The molecule has 5 rings (SSSR count). The second-order valence-electron chi connectivity index (χ2n) is 10.6. The third-order valence-corrected chi connectivity index (χ3v) is 7.86. The normalized spacial score (nSPS) is 22.0. The maximum atomic E-state index is 15.7. The highest BCUT2D eigenvalue weighted by Gasteiger charge is 2.44. The number of rotatable bonds is 9. The van der Waals surface area contributed by atoms with Crippen molar-refractivity contribution in [3.8, 4) is 0 Å². The van der Waals surface area contributed by atoms with Crippen molar-refractivity contribution in [3.05, 3.63) is 70.4 Å². The molecule has 1 fully saturated rings. The van der Waals surface area contributed by atoms with Gasteiger partial charge in [0, 0.05) is 53.8 Å². The summed E-state index contributed by atoms with van der Waals surface area (Å²) in [5.41, 5.74) is 1.33. The molecule has 2 N–H and O–H groups in total. The molecule has 4 nitrogen and oxygen atoms in total. The summed E-state index contributed by atoms with van der Waals surface area (Å²) in [6.45, 7) is 0.175. The van der Waals surface area contributed by atoms with Crippen molar-refractivity contribution in [2.75, 3.05) is 39.5 Å². The molecule has 1 saturated heterocycles. The first-order valence-corrected chi connectivity index (χ1v) is 12.9. The zero-order chi connectivity index (χ0) is 27.2. The van der Waals surface area contributed by atoms with Crippen molar-refractivity contribution in [1.82, 2.24) is 14.8 Å². The van der Waals surface area contributed by atoms with Crippen LogP contribution < -0.4 is 0 Å². The van der Waals surface area contributed by atoms with Crippen LogP contribution in [0.15, 0.2) is 36.4 Å². The number of benzene rings is 2. The molecule has 2 aliphatic rings. The number of alkyl halides is 4. The van der Waals surface area contributed by atoms with Crippen LogP contribution in [0.4, 0.5) is 26.3 Å². The molecule has 3 aromatic rings. The summed E-state index contributed by atoms with van der Waals surface area (Å²) in [5, 5.41) is 10.1. The minimum Gasteiger partial charge on any atom is -0.390 e. The van der Waals surface area contributed by atoms with E-state index in [1.54, 1.807) is 19.1 Å². The Hall–Kier alpha value is -2.56. The molecule has 3 atom stereocenters. The van der Waals surface area contributed by atoms with Crippen LogP contribution in [0.2, 0.25) is 0 Å². The number of likely N-dealkylation sites (tertiary alicyclic amines) is 1. The predicted octanol–water partition coefficient (Wildman–Crippen LogP) is 5.71. The second kappa shape index (κ2) is 10.5. The molecule has 38 heavy (non-hydrogen) atoms. The zero-order valence-electron chi connectivity index (χ0n) is 21.0. The summed E-state index contributed by atoms with van der Waals surface area (Å²) >= 11 is 0. The van der Waals surface area contributed by atoms with Crippen LogP contribution in [0.3, 0.4) is 0 Å². The van der Waals surface area contributed by atoms with Crippen molar-refractivity contribution in [1.29, 1.82) is 0 Å². The number of H-pyrrole nitrogens is 1. The highest BCUT2D eigenvalue weighted by Crippen LogP contribution is 2.44. The Morgan fingerprint density at radius 1 is 1.13 bits per heavy atom. The number of hydrogen-bond acceptors (Lipinski definition) is 3. The Morgan fingerprint density at radius 3 is 2.47 bits per heavy atom. The monoisotopic (exact) mass is 539 g/mol. The van der Waals surface area contributed by atoms with Gasteiger partial charge in [-0.1, -0.05) is 18.2 Å². The van der Waals surface area contributed by atoms with Crippen LogP contribution in [0.1, 0.15) is 47.9 Å². The van der Waals surface area contributed by atoms with Gasteiger partial charge in [-0.05, 0) is 49.1 Å². The fraction of sp³-hybridized carbons (Fsp3) is 0.500. The van der Waals surface area contributed by atoms with Crippen molar-refractivity contribution < 1.29 is 31.4 Å². The summed E-state index contributed by atoms with van der Waals surface area (Å²) in [5.74, 6) is -5.99. The molecule has 0 spiro atoms. The Balaban J connectivity index is 1.53. The van der Waals surface area contributed by atoms with Gasteiger partial charge in [-0.2, -0.15) is 0 Å². The van der Waals surface area contributed by atoms with E-state index in [1.807, 2.05) is 17.0 Å². The number of aromatic amines is 1.